The van der Waals surface area contributed by atoms with Crippen molar-refractivity contribution in [1.29, 1.82) is 0 Å². The smallest absolute Gasteiger partial charge is 0.404 e. The van der Waals surface area contributed by atoms with Gasteiger partial charge in [0.15, 0.2) is 0 Å². The van der Waals surface area contributed by atoms with Crippen LogP contribution in [0.4, 0.5) is 10.5 Å². The summed E-state index contributed by atoms with van der Waals surface area (Å²) < 4.78 is 4.85. The van der Waals surface area contributed by atoms with Gasteiger partial charge in [0.2, 0.25) is 5.79 Å². The van der Waals surface area contributed by atoms with Gasteiger partial charge in [0, 0.05) is 17.2 Å². The van der Waals surface area contributed by atoms with Gasteiger partial charge >= 0.3 is 6.09 Å². The Balaban J connectivity index is 1.84. The molecule has 0 spiro atoms. The highest BCUT2D eigenvalue weighted by Gasteiger charge is 2.65. The first kappa shape index (κ1) is 14.2. The van der Waals surface area contributed by atoms with Gasteiger partial charge in [-0.05, 0) is 12.1 Å². The van der Waals surface area contributed by atoms with E-state index < -0.39 is 17.8 Å². The van der Waals surface area contributed by atoms with Crippen molar-refractivity contribution in [1.82, 2.24) is 5.32 Å². The third-order valence-electron chi connectivity index (χ3n) is 4.55. The lowest BCUT2D eigenvalue weighted by atomic mass is 9.83. The van der Waals surface area contributed by atoms with Crippen molar-refractivity contribution >= 4 is 18.1 Å². The lowest BCUT2D eigenvalue weighted by Crippen LogP contribution is -2.59. The first-order valence-corrected chi connectivity index (χ1v) is 7.13. The van der Waals surface area contributed by atoms with Crippen LogP contribution in [0.1, 0.15) is 21.8 Å². The first-order chi connectivity index (χ1) is 10.9. The number of nitrogens with two attached hydrogens (primary N) is 1. The maximum atomic E-state index is 11.0. The van der Waals surface area contributed by atoms with Gasteiger partial charge in [-0.3, -0.25) is 4.79 Å². The first-order valence-electron chi connectivity index (χ1n) is 7.13. The van der Waals surface area contributed by atoms with Crippen LogP contribution in [0.5, 0.6) is 5.75 Å². The number of rotatable bonds is 3. The van der Waals surface area contributed by atoms with Crippen molar-refractivity contribution in [3.63, 3.8) is 0 Å². The van der Waals surface area contributed by atoms with E-state index in [2.05, 4.69) is 5.32 Å². The standard InChI is InChI=1S/C14H15N3O6/c15-13(20)22-5-7-11-9(1-6(4-18)2-10(11)19)17-3-8-12(16-8)14(7,21)23-17/h1-2,4,7-8,12,16,19,21H,3,5H2,(H2,15,20)/t7-,8-,12-,14?/m0/s1. The van der Waals surface area contributed by atoms with Gasteiger partial charge in [-0.1, -0.05) is 0 Å². The van der Waals surface area contributed by atoms with Crippen LogP contribution in [-0.2, 0) is 9.57 Å². The van der Waals surface area contributed by atoms with E-state index in [1.54, 1.807) is 6.07 Å². The van der Waals surface area contributed by atoms with Crippen LogP contribution in [0.15, 0.2) is 12.1 Å². The number of carbonyl (C=O) groups is 2. The average Bonchev–Trinajstić information content (AvgIpc) is 3.27. The van der Waals surface area contributed by atoms with Crippen molar-refractivity contribution in [2.45, 2.75) is 23.8 Å². The molecule has 5 N–H and O–H groups in total. The van der Waals surface area contributed by atoms with E-state index >= 15 is 0 Å². The molecule has 0 aromatic heterocycles. The number of anilines is 1. The van der Waals surface area contributed by atoms with Gasteiger partial charge < -0.3 is 26.0 Å². The molecular formula is C14H15N3O6. The Morgan fingerprint density at radius 1 is 1.61 bits per heavy atom. The third kappa shape index (κ3) is 1.97. The number of carbonyl (C=O) groups excluding carboxylic acids is 2. The predicted molar refractivity (Wildman–Crippen MR) is 75.9 cm³/mol. The lowest BCUT2D eigenvalue weighted by molar-refractivity contribution is -0.247. The molecule has 9 nitrogen and oxygen atoms in total. The monoisotopic (exact) mass is 321 g/mol. The molecule has 1 aromatic rings. The Kier molecular flexibility index (Phi) is 2.83. The van der Waals surface area contributed by atoms with Crippen molar-refractivity contribution in [3.8, 4) is 5.75 Å². The van der Waals surface area contributed by atoms with E-state index in [9.17, 15) is 19.8 Å². The van der Waals surface area contributed by atoms with Crippen molar-refractivity contribution < 1.29 is 29.4 Å². The Morgan fingerprint density at radius 3 is 3.09 bits per heavy atom. The number of nitrogens with zero attached hydrogens (tertiary/aromatic N) is 1. The fourth-order valence-electron chi connectivity index (χ4n) is 3.47. The van der Waals surface area contributed by atoms with Crippen LogP contribution in [0.25, 0.3) is 0 Å². The maximum Gasteiger partial charge on any atom is 0.404 e. The largest absolute Gasteiger partial charge is 0.508 e. The number of phenolic OH excluding ortho intramolecular Hbond substituents is 1. The number of aldehydes is 1. The normalized spacial score (nSPS) is 33.4. The minimum Gasteiger partial charge on any atom is -0.508 e. The summed E-state index contributed by atoms with van der Waals surface area (Å²) in [6, 6.07) is 2.53. The Hall–Kier alpha value is -2.36. The molecule has 4 rings (SSSR count). The Labute approximate surface area is 130 Å². The van der Waals surface area contributed by atoms with Gasteiger partial charge in [-0.2, -0.15) is 0 Å². The van der Waals surface area contributed by atoms with Crippen molar-refractivity contribution in [3.05, 3.63) is 23.3 Å². The number of benzene rings is 1. The van der Waals surface area contributed by atoms with E-state index in [1.165, 1.54) is 11.1 Å². The van der Waals surface area contributed by atoms with Gasteiger partial charge in [0.05, 0.1) is 24.2 Å². The van der Waals surface area contributed by atoms with Gasteiger partial charge in [-0.25, -0.2) is 14.7 Å². The molecule has 0 aliphatic carbocycles. The van der Waals surface area contributed by atoms with Crippen molar-refractivity contribution in [2.24, 2.45) is 5.73 Å². The van der Waals surface area contributed by atoms with Gasteiger partial charge in [-0.15, -0.1) is 0 Å². The second-order valence-corrected chi connectivity index (χ2v) is 5.93. The van der Waals surface area contributed by atoms with E-state index in [4.69, 9.17) is 15.3 Å². The highest BCUT2D eigenvalue weighted by molar-refractivity contribution is 5.80. The summed E-state index contributed by atoms with van der Waals surface area (Å²) >= 11 is 0. The number of nitrogens with one attached hydrogen (secondary N) is 1. The molecule has 0 radical (unpaired) electrons. The molecular weight excluding hydrogens is 306 g/mol. The molecule has 4 atom stereocenters. The number of phenols is 1. The predicted octanol–water partition coefficient (Wildman–Crippen LogP) is -0.822. The molecule has 2 bridgehead atoms. The second-order valence-electron chi connectivity index (χ2n) is 5.93. The van der Waals surface area contributed by atoms with Crippen LogP contribution in [0.3, 0.4) is 0 Å². The van der Waals surface area contributed by atoms with Crippen LogP contribution >= 0.6 is 0 Å². The number of hydrogen-bond donors (Lipinski definition) is 4. The molecule has 2 fully saturated rings. The highest BCUT2D eigenvalue weighted by Crippen LogP contribution is 2.53. The van der Waals surface area contributed by atoms with E-state index in [0.717, 1.165) is 0 Å². The van der Waals surface area contributed by atoms with E-state index in [1.807, 2.05) is 0 Å². The van der Waals surface area contributed by atoms with Gasteiger partial charge in [0.1, 0.15) is 18.6 Å². The Bertz CT molecular complexity index is 710. The second kappa shape index (κ2) is 4.57. The number of fused-ring (bicyclic) bond motifs is 6. The zero-order valence-electron chi connectivity index (χ0n) is 11.9. The molecule has 3 aliphatic rings. The summed E-state index contributed by atoms with van der Waals surface area (Å²) in [6.07, 6.45) is -0.379. The summed E-state index contributed by atoms with van der Waals surface area (Å²) in [5.74, 6) is -2.69. The summed E-state index contributed by atoms with van der Waals surface area (Å²) in [7, 11) is 0. The minimum absolute atomic E-state index is 0.0139. The summed E-state index contributed by atoms with van der Waals surface area (Å²) in [5.41, 5.74) is 6.10. The van der Waals surface area contributed by atoms with E-state index in [0.29, 0.717) is 24.1 Å². The molecule has 3 aliphatic heterocycles. The number of aromatic hydroxyl groups is 1. The SMILES string of the molecule is NC(=O)OC[C@H]1c2c(O)cc(C=O)cc2N2C[C@@H]3N[C@@H]3C1(O)O2. The average molecular weight is 321 g/mol. The zero-order valence-corrected chi connectivity index (χ0v) is 11.9. The molecule has 1 unspecified atom stereocenters. The fourth-order valence-corrected chi connectivity index (χ4v) is 3.47. The number of amides is 1. The fraction of sp³-hybridized carbons (Fsp3) is 0.429. The van der Waals surface area contributed by atoms with Crippen LogP contribution in [-0.4, -0.2) is 53.6 Å². The summed E-state index contributed by atoms with van der Waals surface area (Å²) in [5, 5.41) is 25.8. The number of hydrogen-bond acceptors (Lipinski definition) is 8. The molecule has 122 valence electrons. The quantitative estimate of drug-likeness (QED) is 0.417. The topological polar surface area (TPSA) is 144 Å². The summed E-state index contributed by atoms with van der Waals surface area (Å²) in [6.45, 7) is 0.205. The highest BCUT2D eigenvalue weighted by atomic mass is 16.8. The molecule has 2 saturated heterocycles. The molecule has 1 amide bonds. The molecule has 9 heteroatoms. The number of hydroxylamine groups is 1. The molecule has 1 aromatic carbocycles. The zero-order chi connectivity index (χ0) is 16.4. The Morgan fingerprint density at radius 2 is 2.39 bits per heavy atom. The third-order valence-corrected chi connectivity index (χ3v) is 4.55. The van der Waals surface area contributed by atoms with Crippen molar-refractivity contribution in [2.75, 3.05) is 18.2 Å². The number of ether oxygens (including phenoxy) is 1. The minimum atomic E-state index is -1.68. The number of aliphatic hydroxyl groups is 1. The maximum absolute atomic E-state index is 11.0. The van der Waals surface area contributed by atoms with Gasteiger partial charge in [0.25, 0.3) is 0 Å². The van der Waals surface area contributed by atoms with Crippen LogP contribution in [0.2, 0.25) is 0 Å². The molecule has 0 saturated carbocycles. The van der Waals surface area contributed by atoms with E-state index in [-0.39, 0.29) is 30.0 Å². The summed E-state index contributed by atoms with van der Waals surface area (Å²) in [4.78, 5) is 27.6. The molecule has 3 heterocycles. The van der Waals surface area contributed by atoms with Crippen LogP contribution < -0.4 is 16.1 Å². The molecule has 23 heavy (non-hydrogen) atoms. The lowest BCUT2D eigenvalue weighted by Gasteiger charge is -2.47. The van der Waals surface area contributed by atoms with Crippen LogP contribution in [0, 0.1) is 0 Å². The number of primary amides is 1.